The molecule has 3 aromatic rings. The Kier molecular flexibility index (Phi) is 6.94. The van der Waals surface area contributed by atoms with Gasteiger partial charge in [-0.25, -0.2) is 13.4 Å². The van der Waals surface area contributed by atoms with Gasteiger partial charge < -0.3 is 5.32 Å². The van der Waals surface area contributed by atoms with Crippen molar-refractivity contribution in [2.75, 3.05) is 17.3 Å². The number of hydrogen-bond acceptors (Lipinski definition) is 6. The lowest BCUT2D eigenvalue weighted by Gasteiger charge is -2.17. The van der Waals surface area contributed by atoms with Gasteiger partial charge in [-0.3, -0.25) is 4.79 Å². The summed E-state index contributed by atoms with van der Waals surface area (Å²) in [6.45, 7) is 3.88. The average Bonchev–Trinajstić information content (AvgIpc) is 3.06. The van der Waals surface area contributed by atoms with E-state index < -0.39 is 22.0 Å². The standard InChI is InChI=1S/C20H23N3O3S3/c1-13-4-7-15(8-5-13)29(25,26)23-17(10-11-27-3)19(24)22-20-21-16-9-6-14(2)12-18(16)28-20/h4-9,12,17,23H,10-11H2,1-3H3,(H,21,22,24). The Labute approximate surface area is 179 Å². The van der Waals surface area contributed by atoms with Gasteiger partial charge in [0.1, 0.15) is 6.04 Å². The number of nitrogens with one attached hydrogen (secondary N) is 2. The summed E-state index contributed by atoms with van der Waals surface area (Å²) in [5, 5.41) is 3.23. The van der Waals surface area contributed by atoms with Crippen LogP contribution in [0.15, 0.2) is 47.4 Å². The summed E-state index contributed by atoms with van der Waals surface area (Å²) in [5.41, 5.74) is 2.88. The fraction of sp³-hybridized carbons (Fsp3) is 0.300. The van der Waals surface area contributed by atoms with Crippen molar-refractivity contribution in [3.8, 4) is 0 Å². The van der Waals surface area contributed by atoms with Crippen molar-refractivity contribution in [2.45, 2.75) is 31.2 Å². The van der Waals surface area contributed by atoms with Gasteiger partial charge in [-0.2, -0.15) is 16.5 Å². The van der Waals surface area contributed by atoms with Gasteiger partial charge in [-0.05, 0) is 62.1 Å². The number of thiazole rings is 1. The zero-order valence-electron chi connectivity index (χ0n) is 16.4. The highest BCUT2D eigenvalue weighted by molar-refractivity contribution is 7.98. The Hall–Kier alpha value is -1.94. The van der Waals surface area contributed by atoms with Crippen LogP contribution in [0.1, 0.15) is 17.5 Å². The molecule has 29 heavy (non-hydrogen) atoms. The zero-order chi connectivity index (χ0) is 21.0. The molecular weight excluding hydrogens is 426 g/mol. The van der Waals surface area contributed by atoms with Crippen LogP contribution in [-0.2, 0) is 14.8 Å². The summed E-state index contributed by atoms with van der Waals surface area (Å²) < 4.78 is 29.0. The number of nitrogens with zero attached hydrogens (tertiary/aromatic N) is 1. The topological polar surface area (TPSA) is 88.2 Å². The molecule has 0 aliphatic heterocycles. The number of thioether (sulfide) groups is 1. The Morgan fingerprint density at radius 2 is 1.83 bits per heavy atom. The summed E-state index contributed by atoms with van der Waals surface area (Å²) >= 11 is 2.93. The molecule has 0 saturated heterocycles. The smallest absolute Gasteiger partial charge is 0.244 e. The van der Waals surface area contributed by atoms with Crippen LogP contribution in [0.25, 0.3) is 10.2 Å². The van der Waals surface area contributed by atoms with Crippen LogP contribution < -0.4 is 10.0 Å². The van der Waals surface area contributed by atoms with Gasteiger partial charge in [0.15, 0.2) is 5.13 Å². The maximum atomic E-state index is 12.8. The normalized spacial score (nSPS) is 12.8. The Morgan fingerprint density at radius 1 is 1.14 bits per heavy atom. The van der Waals surface area contributed by atoms with E-state index in [-0.39, 0.29) is 4.90 Å². The SMILES string of the molecule is CSCCC(NS(=O)(=O)c1ccc(C)cc1)C(=O)Nc1nc2ccc(C)cc2s1. The molecule has 2 N–H and O–H groups in total. The molecule has 2 aromatic carbocycles. The minimum Gasteiger partial charge on any atom is -0.301 e. The summed E-state index contributed by atoms with van der Waals surface area (Å²) in [4.78, 5) is 17.4. The van der Waals surface area contributed by atoms with E-state index in [9.17, 15) is 13.2 Å². The molecule has 0 aliphatic carbocycles. The molecule has 1 amide bonds. The first-order chi connectivity index (χ1) is 13.8. The third kappa shape index (κ3) is 5.57. The maximum Gasteiger partial charge on any atom is 0.244 e. The summed E-state index contributed by atoms with van der Waals surface area (Å²) in [7, 11) is -3.81. The van der Waals surface area contributed by atoms with Gasteiger partial charge >= 0.3 is 0 Å². The molecule has 1 heterocycles. The minimum absolute atomic E-state index is 0.139. The predicted molar refractivity (Wildman–Crippen MR) is 121 cm³/mol. The second-order valence-corrected chi connectivity index (χ2v) is 10.5. The monoisotopic (exact) mass is 449 g/mol. The summed E-state index contributed by atoms with van der Waals surface area (Å²) in [6, 6.07) is 11.5. The quantitative estimate of drug-likeness (QED) is 0.544. The molecule has 0 saturated carbocycles. The number of hydrogen-bond donors (Lipinski definition) is 2. The molecule has 1 aromatic heterocycles. The molecule has 0 spiro atoms. The number of anilines is 1. The Balaban J connectivity index is 1.79. The van der Waals surface area contributed by atoms with E-state index in [1.165, 1.54) is 23.5 Å². The number of fused-ring (bicyclic) bond motifs is 1. The highest BCUT2D eigenvalue weighted by Crippen LogP contribution is 2.27. The molecule has 0 radical (unpaired) electrons. The van der Waals surface area contributed by atoms with E-state index in [1.807, 2.05) is 38.3 Å². The lowest BCUT2D eigenvalue weighted by Crippen LogP contribution is -2.44. The first kappa shape index (κ1) is 21.8. The number of amides is 1. The van der Waals surface area contributed by atoms with Gasteiger partial charge in [0, 0.05) is 0 Å². The van der Waals surface area contributed by atoms with Crippen LogP contribution >= 0.6 is 23.1 Å². The predicted octanol–water partition coefficient (Wildman–Crippen LogP) is 3.95. The van der Waals surface area contributed by atoms with Gasteiger partial charge in [0.2, 0.25) is 15.9 Å². The van der Waals surface area contributed by atoms with Crippen LogP contribution in [0.4, 0.5) is 5.13 Å². The van der Waals surface area contributed by atoms with E-state index in [0.29, 0.717) is 17.3 Å². The number of benzene rings is 2. The number of carbonyl (C=O) groups is 1. The fourth-order valence-electron chi connectivity index (χ4n) is 2.73. The first-order valence-electron chi connectivity index (χ1n) is 9.04. The maximum absolute atomic E-state index is 12.8. The fourth-order valence-corrected chi connectivity index (χ4v) is 5.40. The molecule has 154 valence electrons. The van der Waals surface area contributed by atoms with Gasteiger partial charge in [0.05, 0.1) is 15.1 Å². The molecule has 0 fully saturated rings. The number of rotatable bonds is 8. The van der Waals surface area contributed by atoms with E-state index in [0.717, 1.165) is 21.3 Å². The first-order valence-corrected chi connectivity index (χ1v) is 12.7. The highest BCUT2D eigenvalue weighted by atomic mass is 32.2. The minimum atomic E-state index is -3.81. The van der Waals surface area contributed by atoms with Crippen LogP contribution in [0, 0.1) is 13.8 Å². The number of carbonyl (C=O) groups excluding carboxylic acids is 1. The second kappa shape index (κ2) is 9.25. The highest BCUT2D eigenvalue weighted by Gasteiger charge is 2.26. The molecule has 9 heteroatoms. The van der Waals surface area contributed by atoms with Crippen LogP contribution in [-0.4, -0.2) is 37.4 Å². The largest absolute Gasteiger partial charge is 0.301 e. The van der Waals surface area contributed by atoms with Crippen LogP contribution in [0.5, 0.6) is 0 Å². The second-order valence-electron chi connectivity index (χ2n) is 6.75. The molecule has 1 unspecified atom stereocenters. The Morgan fingerprint density at radius 3 is 2.52 bits per heavy atom. The number of aromatic nitrogens is 1. The van der Waals surface area contributed by atoms with E-state index in [2.05, 4.69) is 15.0 Å². The number of aryl methyl sites for hydroxylation is 2. The van der Waals surface area contributed by atoms with E-state index >= 15 is 0 Å². The molecule has 6 nitrogen and oxygen atoms in total. The zero-order valence-corrected chi connectivity index (χ0v) is 18.9. The summed E-state index contributed by atoms with van der Waals surface area (Å²) in [5.74, 6) is 0.235. The molecule has 1 atom stereocenters. The number of sulfonamides is 1. The molecular formula is C20H23N3O3S3. The summed E-state index contributed by atoms with van der Waals surface area (Å²) in [6.07, 6.45) is 2.29. The van der Waals surface area contributed by atoms with E-state index in [4.69, 9.17) is 0 Å². The van der Waals surface area contributed by atoms with Crippen molar-refractivity contribution < 1.29 is 13.2 Å². The van der Waals surface area contributed by atoms with Crippen molar-refractivity contribution in [3.63, 3.8) is 0 Å². The van der Waals surface area contributed by atoms with Gasteiger partial charge in [-0.1, -0.05) is 35.1 Å². The van der Waals surface area contributed by atoms with Crippen molar-refractivity contribution in [1.82, 2.24) is 9.71 Å². The molecule has 0 aliphatic rings. The van der Waals surface area contributed by atoms with Crippen molar-refractivity contribution >= 4 is 54.4 Å². The van der Waals surface area contributed by atoms with Gasteiger partial charge in [-0.15, -0.1) is 0 Å². The lowest BCUT2D eigenvalue weighted by atomic mass is 10.2. The van der Waals surface area contributed by atoms with Crippen molar-refractivity contribution in [1.29, 1.82) is 0 Å². The van der Waals surface area contributed by atoms with Crippen LogP contribution in [0.3, 0.4) is 0 Å². The lowest BCUT2D eigenvalue weighted by molar-refractivity contribution is -0.117. The van der Waals surface area contributed by atoms with E-state index in [1.54, 1.807) is 23.9 Å². The van der Waals surface area contributed by atoms with Gasteiger partial charge in [0.25, 0.3) is 0 Å². The molecule has 0 bridgehead atoms. The molecule has 3 rings (SSSR count). The van der Waals surface area contributed by atoms with Crippen molar-refractivity contribution in [3.05, 3.63) is 53.6 Å². The Bertz CT molecular complexity index is 1110. The average molecular weight is 450 g/mol. The van der Waals surface area contributed by atoms with Crippen molar-refractivity contribution in [2.24, 2.45) is 0 Å². The third-order valence-corrected chi connectivity index (χ3v) is 7.40. The third-order valence-electron chi connectivity index (χ3n) is 4.33. The van der Waals surface area contributed by atoms with Crippen LogP contribution in [0.2, 0.25) is 0 Å².